The Hall–Kier alpha value is -1.26. The standard InChI is InChI=1S/C14H27NO4/c1-10(2)19-13(18)15-9-8-11(14(3,4)5)6-7-12(16)17/h10-11H,6-9H2,1-5H3,(H,15,18)(H,16,17). The van der Waals surface area contributed by atoms with Crippen LogP contribution in [0.2, 0.25) is 0 Å². The molecule has 5 heteroatoms. The molecular weight excluding hydrogens is 246 g/mol. The van der Waals surface area contributed by atoms with Gasteiger partial charge in [0, 0.05) is 13.0 Å². The lowest BCUT2D eigenvalue weighted by molar-refractivity contribution is -0.137. The van der Waals surface area contributed by atoms with Gasteiger partial charge in [0.1, 0.15) is 0 Å². The molecule has 0 saturated carbocycles. The molecular formula is C14H27NO4. The van der Waals surface area contributed by atoms with Crippen LogP contribution in [0.3, 0.4) is 0 Å². The smallest absolute Gasteiger partial charge is 0.407 e. The van der Waals surface area contributed by atoms with E-state index in [-0.39, 0.29) is 23.9 Å². The molecule has 0 radical (unpaired) electrons. The van der Waals surface area contributed by atoms with Crippen LogP contribution >= 0.6 is 0 Å². The van der Waals surface area contributed by atoms with Gasteiger partial charge in [-0.25, -0.2) is 4.79 Å². The van der Waals surface area contributed by atoms with Crippen LogP contribution in [0.4, 0.5) is 4.79 Å². The Labute approximate surface area is 115 Å². The molecule has 0 aliphatic heterocycles. The molecule has 0 spiro atoms. The van der Waals surface area contributed by atoms with E-state index in [1.807, 2.05) is 0 Å². The summed E-state index contributed by atoms with van der Waals surface area (Å²) in [6.07, 6.45) is 0.994. The van der Waals surface area contributed by atoms with E-state index < -0.39 is 12.1 Å². The Balaban J connectivity index is 4.13. The summed E-state index contributed by atoms with van der Waals surface area (Å²) < 4.78 is 4.97. The summed E-state index contributed by atoms with van der Waals surface area (Å²) >= 11 is 0. The first kappa shape index (κ1) is 17.7. The van der Waals surface area contributed by atoms with E-state index in [0.717, 1.165) is 6.42 Å². The molecule has 0 fully saturated rings. The van der Waals surface area contributed by atoms with Gasteiger partial charge in [-0.1, -0.05) is 20.8 Å². The maximum Gasteiger partial charge on any atom is 0.407 e. The van der Waals surface area contributed by atoms with Crippen molar-refractivity contribution >= 4 is 12.1 Å². The SMILES string of the molecule is CC(C)OC(=O)NCCC(CCC(=O)O)C(C)(C)C. The van der Waals surface area contributed by atoms with E-state index in [2.05, 4.69) is 26.1 Å². The summed E-state index contributed by atoms with van der Waals surface area (Å²) in [6, 6.07) is 0. The van der Waals surface area contributed by atoms with Crippen molar-refractivity contribution in [3.8, 4) is 0 Å². The predicted octanol–water partition coefficient (Wildman–Crippen LogP) is 3.04. The quantitative estimate of drug-likeness (QED) is 0.747. The Morgan fingerprint density at radius 3 is 2.21 bits per heavy atom. The minimum Gasteiger partial charge on any atom is -0.481 e. The van der Waals surface area contributed by atoms with Gasteiger partial charge in [-0.3, -0.25) is 4.79 Å². The second-order valence-electron chi connectivity index (χ2n) is 6.16. The van der Waals surface area contributed by atoms with Crippen LogP contribution in [0.25, 0.3) is 0 Å². The molecule has 0 aromatic rings. The molecule has 1 amide bonds. The number of nitrogens with one attached hydrogen (secondary N) is 1. The van der Waals surface area contributed by atoms with E-state index in [1.165, 1.54) is 0 Å². The highest BCUT2D eigenvalue weighted by molar-refractivity contribution is 5.67. The van der Waals surface area contributed by atoms with Crippen LogP contribution in [0.15, 0.2) is 0 Å². The molecule has 0 aromatic carbocycles. The first-order valence-corrected chi connectivity index (χ1v) is 6.79. The number of rotatable bonds is 7. The second kappa shape index (κ2) is 8.02. The van der Waals surface area contributed by atoms with Gasteiger partial charge in [0.2, 0.25) is 0 Å². The van der Waals surface area contributed by atoms with Gasteiger partial charge in [0.15, 0.2) is 0 Å². The van der Waals surface area contributed by atoms with Gasteiger partial charge in [-0.15, -0.1) is 0 Å². The molecule has 0 aliphatic carbocycles. The van der Waals surface area contributed by atoms with Crippen molar-refractivity contribution in [2.24, 2.45) is 11.3 Å². The molecule has 1 atom stereocenters. The molecule has 0 heterocycles. The zero-order chi connectivity index (χ0) is 15.1. The van der Waals surface area contributed by atoms with Crippen molar-refractivity contribution < 1.29 is 19.4 Å². The molecule has 0 rings (SSSR count). The maximum absolute atomic E-state index is 11.3. The van der Waals surface area contributed by atoms with Crippen LogP contribution < -0.4 is 5.32 Å². The average Bonchev–Trinajstić information content (AvgIpc) is 2.19. The molecule has 0 saturated heterocycles. The zero-order valence-corrected chi connectivity index (χ0v) is 12.7. The van der Waals surface area contributed by atoms with Crippen molar-refractivity contribution in [2.45, 2.75) is 60.0 Å². The number of carboxylic acids is 1. The van der Waals surface area contributed by atoms with Crippen molar-refractivity contribution in [3.05, 3.63) is 0 Å². The summed E-state index contributed by atoms with van der Waals surface area (Å²) in [5, 5.41) is 11.4. The summed E-state index contributed by atoms with van der Waals surface area (Å²) in [7, 11) is 0. The number of amides is 1. The van der Waals surface area contributed by atoms with Gasteiger partial charge < -0.3 is 15.2 Å². The summed E-state index contributed by atoms with van der Waals surface area (Å²) in [5.74, 6) is -0.524. The van der Waals surface area contributed by atoms with Crippen LogP contribution in [0, 0.1) is 11.3 Å². The van der Waals surface area contributed by atoms with E-state index >= 15 is 0 Å². The number of hydrogen-bond donors (Lipinski definition) is 2. The minimum atomic E-state index is -0.776. The summed E-state index contributed by atoms with van der Waals surface area (Å²) in [5.41, 5.74) is 0.0269. The summed E-state index contributed by atoms with van der Waals surface area (Å²) in [6.45, 7) is 10.4. The van der Waals surface area contributed by atoms with Gasteiger partial charge >= 0.3 is 12.1 Å². The fourth-order valence-corrected chi connectivity index (χ4v) is 1.91. The topological polar surface area (TPSA) is 75.6 Å². The van der Waals surface area contributed by atoms with Crippen LogP contribution in [-0.2, 0) is 9.53 Å². The van der Waals surface area contributed by atoms with E-state index in [9.17, 15) is 9.59 Å². The van der Waals surface area contributed by atoms with Gasteiger partial charge in [-0.05, 0) is 38.0 Å². The Morgan fingerprint density at radius 2 is 1.79 bits per heavy atom. The normalized spacial score (nSPS) is 13.2. The van der Waals surface area contributed by atoms with Crippen molar-refractivity contribution in [3.63, 3.8) is 0 Å². The molecule has 112 valence electrons. The first-order valence-electron chi connectivity index (χ1n) is 6.79. The molecule has 5 nitrogen and oxygen atoms in total. The van der Waals surface area contributed by atoms with Crippen LogP contribution in [0.1, 0.15) is 53.9 Å². The largest absolute Gasteiger partial charge is 0.481 e. The van der Waals surface area contributed by atoms with Crippen LogP contribution in [-0.4, -0.2) is 29.8 Å². The maximum atomic E-state index is 11.3. The monoisotopic (exact) mass is 273 g/mol. The molecule has 1 unspecified atom stereocenters. The third-order valence-corrected chi connectivity index (χ3v) is 3.04. The second-order valence-corrected chi connectivity index (χ2v) is 6.16. The number of ether oxygens (including phenoxy) is 1. The third-order valence-electron chi connectivity index (χ3n) is 3.04. The van der Waals surface area contributed by atoms with Gasteiger partial charge in [0.25, 0.3) is 0 Å². The lowest BCUT2D eigenvalue weighted by Crippen LogP contribution is -2.31. The Morgan fingerprint density at radius 1 is 1.21 bits per heavy atom. The van der Waals surface area contributed by atoms with Crippen molar-refractivity contribution in [1.82, 2.24) is 5.32 Å². The van der Waals surface area contributed by atoms with E-state index in [1.54, 1.807) is 13.8 Å². The van der Waals surface area contributed by atoms with E-state index in [4.69, 9.17) is 9.84 Å². The van der Waals surface area contributed by atoms with E-state index in [0.29, 0.717) is 13.0 Å². The fourth-order valence-electron chi connectivity index (χ4n) is 1.91. The number of carboxylic acid groups (broad SMARTS) is 1. The highest BCUT2D eigenvalue weighted by atomic mass is 16.6. The van der Waals surface area contributed by atoms with Crippen LogP contribution in [0.5, 0.6) is 0 Å². The molecule has 19 heavy (non-hydrogen) atoms. The van der Waals surface area contributed by atoms with Crippen molar-refractivity contribution in [2.75, 3.05) is 6.54 Å². The Kier molecular flexibility index (Phi) is 7.49. The Bertz CT molecular complexity index is 294. The number of aliphatic carboxylic acids is 1. The molecule has 2 N–H and O–H groups in total. The highest BCUT2D eigenvalue weighted by Gasteiger charge is 2.24. The number of carbonyl (C=O) groups is 2. The van der Waals surface area contributed by atoms with Crippen molar-refractivity contribution in [1.29, 1.82) is 0 Å². The minimum absolute atomic E-state index is 0.0269. The third kappa shape index (κ3) is 9.33. The molecule has 0 bridgehead atoms. The number of carbonyl (C=O) groups excluding carboxylic acids is 1. The van der Waals surface area contributed by atoms with Gasteiger partial charge in [0.05, 0.1) is 6.10 Å². The molecule has 0 aliphatic rings. The number of hydrogen-bond acceptors (Lipinski definition) is 3. The zero-order valence-electron chi connectivity index (χ0n) is 12.7. The lowest BCUT2D eigenvalue weighted by Gasteiger charge is -2.30. The predicted molar refractivity (Wildman–Crippen MR) is 74.1 cm³/mol. The lowest BCUT2D eigenvalue weighted by atomic mass is 9.76. The summed E-state index contributed by atoms with van der Waals surface area (Å²) in [4.78, 5) is 22.0. The molecule has 0 aromatic heterocycles. The first-order chi connectivity index (χ1) is 8.62. The average molecular weight is 273 g/mol. The van der Waals surface area contributed by atoms with Gasteiger partial charge in [-0.2, -0.15) is 0 Å². The highest BCUT2D eigenvalue weighted by Crippen LogP contribution is 2.32. The fraction of sp³-hybridized carbons (Fsp3) is 0.857. The number of alkyl carbamates (subject to hydrolysis) is 1.